The minimum absolute atomic E-state index is 0.512. The standard InChI is InChI=1S/C13H25NOS/c1-13(8-3-9-16-13)10-14-11-4-6-12(15-2)7-5-11/h11-12,14H,3-10H2,1-2H3. The van der Waals surface area contributed by atoms with Gasteiger partial charge in [0.1, 0.15) is 0 Å². The van der Waals surface area contributed by atoms with E-state index in [0.29, 0.717) is 10.9 Å². The zero-order chi connectivity index (χ0) is 11.4. The average molecular weight is 243 g/mol. The van der Waals surface area contributed by atoms with Crippen LogP contribution in [0.3, 0.4) is 0 Å². The summed E-state index contributed by atoms with van der Waals surface area (Å²) in [6, 6.07) is 0.740. The first kappa shape index (κ1) is 12.7. The fraction of sp³-hybridized carbons (Fsp3) is 1.00. The maximum Gasteiger partial charge on any atom is 0.0572 e. The molecule has 2 fully saturated rings. The Morgan fingerprint density at radius 1 is 1.31 bits per heavy atom. The van der Waals surface area contributed by atoms with Crippen LogP contribution >= 0.6 is 11.8 Å². The first-order chi connectivity index (χ1) is 7.72. The van der Waals surface area contributed by atoms with Crippen molar-refractivity contribution in [1.82, 2.24) is 5.32 Å². The Morgan fingerprint density at radius 3 is 2.62 bits per heavy atom. The summed E-state index contributed by atoms with van der Waals surface area (Å²) in [6.45, 7) is 3.61. The second-order valence-corrected chi connectivity index (χ2v) is 7.17. The van der Waals surface area contributed by atoms with Gasteiger partial charge in [-0.05, 0) is 51.2 Å². The van der Waals surface area contributed by atoms with Gasteiger partial charge in [-0.25, -0.2) is 0 Å². The van der Waals surface area contributed by atoms with Crippen LogP contribution in [-0.4, -0.2) is 36.3 Å². The Hall–Kier alpha value is 0.270. The molecule has 2 nitrogen and oxygen atoms in total. The molecule has 16 heavy (non-hydrogen) atoms. The lowest BCUT2D eigenvalue weighted by Gasteiger charge is -2.31. The predicted molar refractivity (Wildman–Crippen MR) is 71.2 cm³/mol. The van der Waals surface area contributed by atoms with Crippen LogP contribution < -0.4 is 5.32 Å². The summed E-state index contributed by atoms with van der Waals surface area (Å²) in [5.74, 6) is 1.36. The summed E-state index contributed by atoms with van der Waals surface area (Å²) < 4.78 is 5.92. The quantitative estimate of drug-likeness (QED) is 0.820. The van der Waals surface area contributed by atoms with Crippen molar-refractivity contribution >= 4 is 11.8 Å². The number of nitrogens with one attached hydrogen (secondary N) is 1. The third-order valence-corrected chi connectivity index (χ3v) is 5.61. The van der Waals surface area contributed by atoms with E-state index in [1.165, 1.54) is 50.8 Å². The molecule has 2 rings (SSSR count). The number of rotatable bonds is 4. The summed E-state index contributed by atoms with van der Waals surface area (Å²) in [5.41, 5.74) is 0. The highest BCUT2D eigenvalue weighted by molar-refractivity contribution is 8.00. The van der Waals surface area contributed by atoms with Crippen molar-refractivity contribution in [2.24, 2.45) is 0 Å². The molecule has 1 saturated heterocycles. The van der Waals surface area contributed by atoms with Gasteiger partial charge in [0.15, 0.2) is 0 Å². The van der Waals surface area contributed by atoms with Gasteiger partial charge in [0.05, 0.1) is 6.10 Å². The van der Waals surface area contributed by atoms with E-state index in [1.807, 2.05) is 7.11 Å². The number of methoxy groups -OCH3 is 1. The third kappa shape index (κ3) is 3.38. The van der Waals surface area contributed by atoms with E-state index in [9.17, 15) is 0 Å². The van der Waals surface area contributed by atoms with Crippen molar-refractivity contribution in [3.8, 4) is 0 Å². The molecule has 94 valence electrons. The molecule has 1 aliphatic carbocycles. The van der Waals surface area contributed by atoms with Gasteiger partial charge < -0.3 is 10.1 Å². The van der Waals surface area contributed by atoms with Gasteiger partial charge in [0.25, 0.3) is 0 Å². The van der Waals surface area contributed by atoms with E-state index in [-0.39, 0.29) is 0 Å². The highest BCUT2D eigenvalue weighted by Crippen LogP contribution is 2.37. The van der Waals surface area contributed by atoms with Crippen LogP contribution in [0.5, 0.6) is 0 Å². The van der Waals surface area contributed by atoms with E-state index in [2.05, 4.69) is 24.0 Å². The molecule has 1 unspecified atom stereocenters. The number of thioether (sulfide) groups is 1. The highest BCUT2D eigenvalue weighted by Gasteiger charge is 2.30. The van der Waals surface area contributed by atoms with Crippen LogP contribution in [-0.2, 0) is 4.74 Å². The molecule has 1 aliphatic heterocycles. The van der Waals surface area contributed by atoms with Gasteiger partial charge in [0.2, 0.25) is 0 Å². The van der Waals surface area contributed by atoms with E-state index >= 15 is 0 Å². The van der Waals surface area contributed by atoms with Crippen LogP contribution in [0.4, 0.5) is 0 Å². The molecule has 0 aromatic carbocycles. The molecule has 1 heterocycles. The van der Waals surface area contributed by atoms with E-state index < -0.39 is 0 Å². The van der Waals surface area contributed by atoms with Gasteiger partial charge in [-0.1, -0.05) is 0 Å². The van der Waals surface area contributed by atoms with Crippen LogP contribution in [0.1, 0.15) is 45.4 Å². The molecule has 0 aromatic rings. The maximum atomic E-state index is 5.41. The summed E-state index contributed by atoms with van der Waals surface area (Å²) in [4.78, 5) is 0. The minimum Gasteiger partial charge on any atom is -0.381 e. The molecular weight excluding hydrogens is 218 g/mol. The van der Waals surface area contributed by atoms with Crippen molar-refractivity contribution in [2.75, 3.05) is 19.4 Å². The second kappa shape index (κ2) is 5.74. The Bertz CT molecular complexity index is 208. The first-order valence-corrected chi connectivity index (χ1v) is 7.60. The van der Waals surface area contributed by atoms with E-state index in [0.717, 1.165) is 6.04 Å². The monoisotopic (exact) mass is 243 g/mol. The SMILES string of the molecule is COC1CCC(NCC2(C)CCCS2)CC1. The molecule has 0 radical (unpaired) electrons. The van der Waals surface area contributed by atoms with Crippen molar-refractivity contribution in [2.45, 2.75) is 62.3 Å². The van der Waals surface area contributed by atoms with Crippen molar-refractivity contribution in [3.63, 3.8) is 0 Å². The fourth-order valence-electron chi connectivity index (χ4n) is 2.84. The topological polar surface area (TPSA) is 21.3 Å². The first-order valence-electron chi connectivity index (χ1n) is 6.62. The molecule has 3 heteroatoms. The Labute approximate surface area is 104 Å². The van der Waals surface area contributed by atoms with E-state index in [4.69, 9.17) is 4.74 Å². The molecule has 1 N–H and O–H groups in total. The molecule has 0 amide bonds. The lowest BCUT2D eigenvalue weighted by atomic mass is 9.92. The third-order valence-electron chi connectivity index (χ3n) is 4.07. The largest absolute Gasteiger partial charge is 0.381 e. The van der Waals surface area contributed by atoms with Crippen LogP contribution in [0, 0.1) is 0 Å². The smallest absolute Gasteiger partial charge is 0.0572 e. The number of hydrogen-bond donors (Lipinski definition) is 1. The summed E-state index contributed by atoms with van der Waals surface area (Å²) in [6.07, 6.45) is 8.36. The normalized spacial score (nSPS) is 40.1. The lowest BCUT2D eigenvalue weighted by Crippen LogP contribution is -2.41. The summed E-state index contributed by atoms with van der Waals surface area (Å²) >= 11 is 2.15. The zero-order valence-corrected chi connectivity index (χ0v) is 11.4. The van der Waals surface area contributed by atoms with Gasteiger partial charge in [-0.3, -0.25) is 0 Å². The van der Waals surface area contributed by atoms with Gasteiger partial charge in [-0.2, -0.15) is 11.8 Å². The number of hydrogen-bond acceptors (Lipinski definition) is 3. The average Bonchev–Trinajstić information content (AvgIpc) is 2.75. The van der Waals surface area contributed by atoms with E-state index in [1.54, 1.807) is 0 Å². The van der Waals surface area contributed by atoms with Gasteiger partial charge >= 0.3 is 0 Å². The molecule has 1 saturated carbocycles. The Kier molecular flexibility index (Phi) is 4.57. The fourth-order valence-corrected chi connectivity index (χ4v) is 4.09. The lowest BCUT2D eigenvalue weighted by molar-refractivity contribution is 0.0623. The summed E-state index contributed by atoms with van der Waals surface area (Å²) in [7, 11) is 1.84. The van der Waals surface area contributed by atoms with Crippen molar-refractivity contribution < 1.29 is 4.74 Å². The van der Waals surface area contributed by atoms with Gasteiger partial charge in [0, 0.05) is 24.4 Å². The van der Waals surface area contributed by atoms with Gasteiger partial charge in [-0.15, -0.1) is 0 Å². The van der Waals surface area contributed by atoms with Crippen molar-refractivity contribution in [1.29, 1.82) is 0 Å². The molecule has 0 bridgehead atoms. The Balaban J connectivity index is 1.67. The summed E-state index contributed by atoms with van der Waals surface area (Å²) in [5, 5.41) is 3.77. The van der Waals surface area contributed by atoms with Crippen LogP contribution in [0.25, 0.3) is 0 Å². The molecule has 0 spiro atoms. The highest BCUT2D eigenvalue weighted by atomic mass is 32.2. The predicted octanol–water partition coefficient (Wildman–Crippen LogP) is 2.82. The molecule has 1 atom stereocenters. The maximum absolute atomic E-state index is 5.41. The van der Waals surface area contributed by atoms with Crippen molar-refractivity contribution in [3.05, 3.63) is 0 Å². The Morgan fingerprint density at radius 2 is 2.06 bits per heavy atom. The molecule has 2 aliphatic rings. The second-order valence-electron chi connectivity index (χ2n) is 5.49. The minimum atomic E-state index is 0.512. The molecular formula is C13H25NOS. The molecule has 0 aromatic heterocycles. The zero-order valence-electron chi connectivity index (χ0n) is 10.6. The number of ether oxygens (including phenoxy) is 1. The van der Waals surface area contributed by atoms with Crippen LogP contribution in [0.15, 0.2) is 0 Å². The van der Waals surface area contributed by atoms with Crippen LogP contribution in [0.2, 0.25) is 0 Å².